The van der Waals surface area contributed by atoms with E-state index in [2.05, 4.69) is 5.16 Å². The lowest BCUT2D eigenvalue weighted by molar-refractivity contribution is 0.318. The molecule has 0 radical (unpaired) electrons. The van der Waals surface area contributed by atoms with Gasteiger partial charge >= 0.3 is 0 Å². The summed E-state index contributed by atoms with van der Waals surface area (Å²) in [7, 11) is 0. The molecule has 0 atom stereocenters. The van der Waals surface area contributed by atoms with Gasteiger partial charge in [0.2, 0.25) is 0 Å². The van der Waals surface area contributed by atoms with Crippen molar-refractivity contribution >= 4 is 5.84 Å². The van der Waals surface area contributed by atoms with Crippen LogP contribution in [0.25, 0.3) is 0 Å². The Hall–Kier alpha value is -1.45. The van der Waals surface area contributed by atoms with Crippen LogP contribution in [0.4, 0.5) is 0 Å². The van der Waals surface area contributed by atoms with Gasteiger partial charge in [0.05, 0.1) is 5.69 Å². The average molecular weight is 193 g/mol. The van der Waals surface area contributed by atoms with E-state index >= 15 is 0 Å². The Kier molecular flexibility index (Phi) is 2.43. The second kappa shape index (κ2) is 3.74. The molecule has 0 unspecified atom stereocenters. The van der Waals surface area contributed by atoms with Crippen molar-refractivity contribution in [2.45, 2.75) is 25.8 Å². The van der Waals surface area contributed by atoms with Crippen molar-refractivity contribution in [3.63, 3.8) is 0 Å². The van der Waals surface area contributed by atoms with Gasteiger partial charge in [-0.05, 0) is 24.5 Å². The van der Waals surface area contributed by atoms with Gasteiger partial charge < -0.3 is 15.5 Å². The molecule has 0 aliphatic heterocycles. The predicted molar refractivity (Wildman–Crippen MR) is 54.3 cm³/mol. The normalized spacial score (nSPS) is 17.3. The summed E-state index contributed by atoms with van der Waals surface area (Å²) < 4.78 is 2.04. The molecule has 0 amide bonds. The van der Waals surface area contributed by atoms with Crippen molar-refractivity contribution in [2.24, 2.45) is 16.8 Å². The number of hydrogen-bond acceptors (Lipinski definition) is 2. The SMILES string of the molecule is N/C(=N/O)c1cccn1CCC1CC1. The van der Waals surface area contributed by atoms with Crippen molar-refractivity contribution in [3.05, 3.63) is 24.0 Å². The van der Waals surface area contributed by atoms with Gasteiger partial charge in [0.15, 0.2) is 5.84 Å². The molecular weight excluding hydrogens is 178 g/mol. The topological polar surface area (TPSA) is 63.5 Å². The first kappa shape index (κ1) is 9.12. The zero-order valence-electron chi connectivity index (χ0n) is 8.06. The van der Waals surface area contributed by atoms with E-state index in [1.807, 2.05) is 22.9 Å². The van der Waals surface area contributed by atoms with Crippen molar-refractivity contribution in [1.29, 1.82) is 0 Å². The number of amidine groups is 1. The van der Waals surface area contributed by atoms with Crippen LogP contribution in [-0.4, -0.2) is 15.6 Å². The highest BCUT2D eigenvalue weighted by atomic mass is 16.4. The van der Waals surface area contributed by atoms with Crippen LogP contribution in [0.2, 0.25) is 0 Å². The molecule has 0 bridgehead atoms. The minimum atomic E-state index is 0.186. The number of rotatable bonds is 4. The smallest absolute Gasteiger partial charge is 0.186 e. The molecule has 0 aromatic carbocycles. The largest absolute Gasteiger partial charge is 0.409 e. The number of nitrogens with zero attached hydrogens (tertiary/aromatic N) is 2. The van der Waals surface area contributed by atoms with Crippen molar-refractivity contribution in [1.82, 2.24) is 4.57 Å². The summed E-state index contributed by atoms with van der Waals surface area (Å²) in [6.45, 7) is 0.962. The van der Waals surface area contributed by atoms with Crippen LogP contribution in [0, 0.1) is 5.92 Å². The molecule has 4 nitrogen and oxygen atoms in total. The third-order valence-corrected chi connectivity index (χ3v) is 2.67. The molecule has 1 heterocycles. The minimum Gasteiger partial charge on any atom is -0.409 e. The van der Waals surface area contributed by atoms with E-state index in [1.54, 1.807) is 0 Å². The first-order valence-corrected chi connectivity index (χ1v) is 4.94. The Morgan fingerprint density at radius 3 is 3.07 bits per heavy atom. The van der Waals surface area contributed by atoms with E-state index in [9.17, 15) is 0 Å². The molecule has 2 rings (SSSR count). The fraction of sp³-hybridized carbons (Fsp3) is 0.500. The Morgan fingerprint density at radius 2 is 2.43 bits per heavy atom. The summed E-state index contributed by atoms with van der Waals surface area (Å²) in [6.07, 6.45) is 5.89. The number of nitrogens with two attached hydrogens (primary N) is 1. The van der Waals surface area contributed by atoms with Gasteiger partial charge in [-0.25, -0.2) is 0 Å². The van der Waals surface area contributed by atoms with E-state index in [0.717, 1.165) is 18.2 Å². The van der Waals surface area contributed by atoms with E-state index in [-0.39, 0.29) is 5.84 Å². The minimum absolute atomic E-state index is 0.186. The van der Waals surface area contributed by atoms with Crippen LogP contribution >= 0.6 is 0 Å². The lowest BCUT2D eigenvalue weighted by Crippen LogP contribution is -2.18. The third kappa shape index (κ3) is 1.89. The maximum Gasteiger partial charge on any atom is 0.186 e. The number of aromatic nitrogens is 1. The van der Waals surface area contributed by atoms with E-state index in [4.69, 9.17) is 10.9 Å². The standard InChI is InChI=1S/C10H15N3O/c11-10(12-14)9-2-1-6-13(9)7-5-8-3-4-8/h1-2,6,8,14H,3-5,7H2,(H2,11,12). The number of oxime groups is 1. The summed E-state index contributed by atoms with van der Waals surface area (Å²) in [5, 5.41) is 11.6. The zero-order chi connectivity index (χ0) is 9.97. The van der Waals surface area contributed by atoms with Crippen LogP contribution in [0.1, 0.15) is 25.0 Å². The summed E-state index contributed by atoms with van der Waals surface area (Å²) >= 11 is 0. The summed E-state index contributed by atoms with van der Waals surface area (Å²) in [5.41, 5.74) is 6.34. The van der Waals surface area contributed by atoms with Crippen LogP contribution in [-0.2, 0) is 6.54 Å². The van der Waals surface area contributed by atoms with Crippen LogP contribution in [0.5, 0.6) is 0 Å². The summed E-state index contributed by atoms with van der Waals surface area (Å²) in [4.78, 5) is 0. The molecule has 0 spiro atoms. The second-order valence-electron chi connectivity index (χ2n) is 3.80. The number of aryl methyl sites for hydroxylation is 1. The van der Waals surface area contributed by atoms with Gasteiger partial charge in [0.1, 0.15) is 0 Å². The van der Waals surface area contributed by atoms with E-state index in [1.165, 1.54) is 19.3 Å². The quantitative estimate of drug-likeness (QED) is 0.328. The molecule has 1 aliphatic carbocycles. The van der Waals surface area contributed by atoms with Crippen LogP contribution < -0.4 is 5.73 Å². The molecular formula is C10H15N3O. The van der Waals surface area contributed by atoms with E-state index < -0.39 is 0 Å². The van der Waals surface area contributed by atoms with Gasteiger partial charge in [-0.15, -0.1) is 0 Å². The Labute approximate surface area is 83.0 Å². The predicted octanol–water partition coefficient (Wildman–Crippen LogP) is 1.38. The van der Waals surface area contributed by atoms with E-state index in [0.29, 0.717) is 0 Å². The van der Waals surface area contributed by atoms with Gasteiger partial charge in [-0.1, -0.05) is 18.0 Å². The van der Waals surface area contributed by atoms with Gasteiger partial charge in [0.25, 0.3) is 0 Å². The maximum atomic E-state index is 8.57. The fourth-order valence-corrected chi connectivity index (χ4v) is 1.62. The van der Waals surface area contributed by atoms with Crippen LogP contribution in [0.15, 0.2) is 23.5 Å². The molecule has 14 heavy (non-hydrogen) atoms. The molecule has 1 aromatic rings. The second-order valence-corrected chi connectivity index (χ2v) is 3.80. The van der Waals surface area contributed by atoms with Crippen molar-refractivity contribution < 1.29 is 5.21 Å². The van der Waals surface area contributed by atoms with Gasteiger partial charge in [-0.2, -0.15) is 0 Å². The Morgan fingerprint density at radius 1 is 1.64 bits per heavy atom. The zero-order valence-corrected chi connectivity index (χ0v) is 8.06. The van der Waals surface area contributed by atoms with Crippen molar-refractivity contribution in [3.8, 4) is 0 Å². The lowest BCUT2D eigenvalue weighted by atomic mass is 10.3. The molecule has 4 heteroatoms. The molecule has 1 aliphatic rings. The van der Waals surface area contributed by atoms with Crippen molar-refractivity contribution in [2.75, 3.05) is 0 Å². The summed E-state index contributed by atoms with van der Waals surface area (Å²) in [6, 6.07) is 3.78. The molecule has 1 fully saturated rings. The monoisotopic (exact) mass is 193 g/mol. The lowest BCUT2D eigenvalue weighted by Gasteiger charge is -2.06. The Bertz CT molecular complexity index is 339. The van der Waals surface area contributed by atoms with Gasteiger partial charge in [-0.3, -0.25) is 0 Å². The first-order valence-electron chi connectivity index (χ1n) is 4.94. The fourth-order valence-electron chi connectivity index (χ4n) is 1.62. The highest BCUT2D eigenvalue weighted by molar-refractivity contribution is 5.95. The molecule has 76 valence electrons. The van der Waals surface area contributed by atoms with Crippen LogP contribution in [0.3, 0.4) is 0 Å². The number of hydrogen-bond donors (Lipinski definition) is 2. The third-order valence-electron chi connectivity index (χ3n) is 2.67. The molecule has 3 N–H and O–H groups in total. The Balaban J connectivity index is 2.04. The molecule has 1 aromatic heterocycles. The van der Waals surface area contributed by atoms with Gasteiger partial charge in [0, 0.05) is 12.7 Å². The maximum absolute atomic E-state index is 8.57. The average Bonchev–Trinajstić information content (AvgIpc) is 2.92. The first-order chi connectivity index (χ1) is 6.81. The summed E-state index contributed by atoms with van der Waals surface area (Å²) in [5.74, 6) is 1.09. The molecule has 0 saturated heterocycles. The molecule has 1 saturated carbocycles. The highest BCUT2D eigenvalue weighted by Gasteiger charge is 2.21. The highest BCUT2D eigenvalue weighted by Crippen LogP contribution is 2.32.